The van der Waals surface area contributed by atoms with Crippen LogP contribution in [0.3, 0.4) is 0 Å². The molecule has 0 saturated carbocycles. The first-order chi connectivity index (χ1) is 9.80. The standard InChI is InChI=1S/C18H25N2O/c1-14(18(2,3)4)17-19(5)11-12-20(17)13-16(21)15-9-7-6-8-10-15/h6-12,16,21H,1,13H2,2-5H3/q+1. The molecule has 0 fully saturated rings. The van der Waals surface area contributed by atoms with Gasteiger partial charge >= 0.3 is 0 Å². The van der Waals surface area contributed by atoms with Crippen molar-refractivity contribution in [2.24, 2.45) is 12.5 Å². The highest BCUT2D eigenvalue weighted by atomic mass is 16.3. The Bertz CT molecular complexity index is 620. The van der Waals surface area contributed by atoms with Crippen molar-refractivity contribution in [2.75, 3.05) is 0 Å². The van der Waals surface area contributed by atoms with Gasteiger partial charge in [-0.1, -0.05) is 57.7 Å². The average Bonchev–Trinajstić information content (AvgIpc) is 2.78. The fraction of sp³-hybridized carbons (Fsp3) is 0.389. The molecule has 1 aromatic carbocycles. The van der Waals surface area contributed by atoms with Crippen LogP contribution in [0.4, 0.5) is 0 Å². The molecule has 0 radical (unpaired) electrons. The normalized spacial score (nSPS) is 13.2. The van der Waals surface area contributed by atoms with Crippen molar-refractivity contribution >= 4 is 5.57 Å². The quantitative estimate of drug-likeness (QED) is 0.859. The van der Waals surface area contributed by atoms with Crippen LogP contribution in [0, 0.1) is 5.41 Å². The van der Waals surface area contributed by atoms with Gasteiger partial charge in [-0.05, 0) is 11.0 Å². The summed E-state index contributed by atoms with van der Waals surface area (Å²) in [7, 11) is 2.01. The number of aromatic nitrogens is 2. The van der Waals surface area contributed by atoms with Crippen molar-refractivity contribution in [2.45, 2.75) is 33.4 Å². The molecule has 0 aliphatic heterocycles. The molecule has 2 aromatic rings. The second-order valence-electron chi connectivity index (χ2n) is 6.54. The van der Waals surface area contributed by atoms with Gasteiger partial charge in [0.15, 0.2) is 0 Å². The highest BCUT2D eigenvalue weighted by Crippen LogP contribution is 2.31. The zero-order chi connectivity index (χ0) is 15.6. The van der Waals surface area contributed by atoms with E-state index in [1.807, 2.05) is 49.8 Å². The van der Waals surface area contributed by atoms with E-state index >= 15 is 0 Å². The summed E-state index contributed by atoms with van der Waals surface area (Å²) in [5.41, 5.74) is 1.99. The minimum Gasteiger partial charge on any atom is -0.384 e. The first-order valence-electron chi connectivity index (χ1n) is 7.28. The lowest BCUT2D eigenvalue weighted by molar-refractivity contribution is -0.673. The molecule has 3 heteroatoms. The van der Waals surface area contributed by atoms with E-state index in [0.29, 0.717) is 6.54 Å². The fourth-order valence-electron chi connectivity index (χ4n) is 2.36. The maximum Gasteiger partial charge on any atom is 0.284 e. The molecule has 0 bridgehead atoms. The third kappa shape index (κ3) is 3.42. The van der Waals surface area contributed by atoms with Gasteiger partial charge in [0.2, 0.25) is 0 Å². The molecule has 1 aromatic heterocycles. The molecule has 1 heterocycles. The minimum atomic E-state index is -0.523. The van der Waals surface area contributed by atoms with Crippen LogP contribution in [0.2, 0.25) is 0 Å². The number of benzene rings is 1. The number of allylic oxidation sites excluding steroid dienone is 1. The largest absolute Gasteiger partial charge is 0.384 e. The van der Waals surface area contributed by atoms with Crippen LogP contribution in [0.15, 0.2) is 49.3 Å². The van der Waals surface area contributed by atoms with Crippen molar-refractivity contribution in [3.8, 4) is 0 Å². The molecule has 1 atom stereocenters. The van der Waals surface area contributed by atoms with E-state index in [0.717, 1.165) is 17.0 Å². The number of hydrogen-bond donors (Lipinski definition) is 1. The molecule has 21 heavy (non-hydrogen) atoms. The van der Waals surface area contributed by atoms with Crippen molar-refractivity contribution < 1.29 is 9.67 Å². The summed E-state index contributed by atoms with van der Waals surface area (Å²) in [6.45, 7) is 11.2. The van der Waals surface area contributed by atoms with E-state index < -0.39 is 6.10 Å². The lowest BCUT2D eigenvalue weighted by Gasteiger charge is -2.20. The summed E-state index contributed by atoms with van der Waals surface area (Å²) >= 11 is 0. The lowest BCUT2D eigenvalue weighted by Crippen LogP contribution is -2.34. The lowest BCUT2D eigenvalue weighted by atomic mass is 9.87. The highest BCUT2D eigenvalue weighted by Gasteiger charge is 2.28. The fourth-order valence-corrected chi connectivity index (χ4v) is 2.36. The van der Waals surface area contributed by atoms with Gasteiger partial charge in [-0.15, -0.1) is 0 Å². The Labute approximate surface area is 127 Å². The number of rotatable bonds is 4. The van der Waals surface area contributed by atoms with Crippen molar-refractivity contribution in [1.82, 2.24) is 4.57 Å². The van der Waals surface area contributed by atoms with Crippen LogP contribution in [-0.2, 0) is 13.6 Å². The molecule has 2 rings (SSSR count). The van der Waals surface area contributed by atoms with Gasteiger partial charge in [-0.25, -0.2) is 9.13 Å². The van der Waals surface area contributed by atoms with Gasteiger partial charge < -0.3 is 5.11 Å². The Kier molecular flexibility index (Phi) is 4.33. The third-order valence-corrected chi connectivity index (χ3v) is 3.81. The Morgan fingerprint density at radius 1 is 1.29 bits per heavy atom. The number of hydrogen-bond acceptors (Lipinski definition) is 1. The number of aliphatic hydroxyl groups excluding tert-OH is 1. The van der Waals surface area contributed by atoms with E-state index in [1.54, 1.807) is 0 Å². The molecule has 1 unspecified atom stereocenters. The van der Waals surface area contributed by atoms with Gasteiger partial charge in [0.25, 0.3) is 5.82 Å². The Morgan fingerprint density at radius 2 is 1.90 bits per heavy atom. The summed E-state index contributed by atoms with van der Waals surface area (Å²) in [5, 5.41) is 10.4. The van der Waals surface area contributed by atoms with Crippen molar-refractivity contribution in [3.05, 3.63) is 60.7 Å². The van der Waals surface area contributed by atoms with Crippen LogP contribution in [0.25, 0.3) is 5.57 Å². The number of aliphatic hydroxyl groups is 1. The molecule has 0 saturated heterocycles. The van der Waals surface area contributed by atoms with Crippen molar-refractivity contribution in [3.63, 3.8) is 0 Å². The summed E-state index contributed by atoms with van der Waals surface area (Å²) in [5.74, 6) is 1.05. The van der Waals surface area contributed by atoms with Gasteiger partial charge in [0, 0.05) is 5.57 Å². The van der Waals surface area contributed by atoms with Gasteiger partial charge in [0.05, 0.1) is 7.05 Å². The zero-order valence-corrected chi connectivity index (χ0v) is 13.4. The predicted octanol–water partition coefficient (Wildman–Crippen LogP) is 3.11. The Balaban J connectivity index is 2.28. The molecular formula is C18H25N2O+. The third-order valence-electron chi connectivity index (χ3n) is 3.81. The van der Waals surface area contributed by atoms with Gasteiger partial charge in [0.1, 0.15) is 25.0 Å². The van der Waals surface area contributed by atoms with E-state index in [-0.39, 0.29) is 5.41 Å². The van der Waals surface area contributed by atoms with Crippen LogP contribution >= 0.6 is 0 Å². The second kappa shape index (κ2) is 5.86. The monoisotopic (exact) mass is 285 g/mol. The van der Waals surface area contributed by atoms with Gasteiger partial charge in [-0.3, -0.25) is 0 Å². The zero-order valence-electron chi connectivity index (χ0n) is 13.4. The van der Waals surface area contributed by atoms with Crippen LogP contribution in [0.5, 0.6) is 0 Å². The molecule has 0 amide bonds. The van der Waals surface area contributed by atoms with Crippen LogP contribution in [0.1, 0.15) is 38.3 Å². The molecule has 0 aliphatic carbocycles. The Hall–Kier alpha value is -1.87. The first kappa shape index (κ1) is 15.5. The number of aryl methyl sites for hydroxylation is 1. The number of imidazole rings is 1. The molecule has 1 N–H and O–H groups in total. The van der Waals surface area contributed by atoms with Gasteiger partial charge in [-0.2, -0.15) is 0 Å². The molecular weight excluding hydrogens is 260 g/mol. The smallest absolute Gasteiger partial charge is 0.284 e. The molecule has 0 aliphatic rings. The predicted molar refractivity (Wildman–Crippen MR) is 85.5 cm³/mol. The topological polar surface area (TPSA) is 29.0 Å². The van der Waals surface area contributed by atoms with E-state index in [1.165, 1.54) is 0 Å². The first-order valence-corrected chi connectivity index (χ1v) is 7.28. The highest BCUT2D eigenvalue weighted by molar-refractivity contribution is 5.60. The average molecular weight is 285 g/mol. The summed E-state index contributed by atoms with van der Waals surface area (Å²) in [4.78, 5) is 0. The van der Waals surface area contributed by atoms with E-state index in [9.17, 15) is 5.11 Å². The second-order valence-corrected chi connectivity index (χ2v) is 6.54. The molecule has 0 spiro atoms. The molecule has 3 nitrogen and oxygen atoms in total. The Morgan fingerprint density at radius 3 is 2.48 bits per heavy atom. The van der Waals surface area contributed by atoms with Crippen LogP contribution < -0.4 is 4.57 Å². The van der Waals surface area contributed by atoms with Crippen molar-refractivity contribution in [1.29, 1.82) is 0 Å². The van der Waals surface area contributed by atoms with E-state index in [2.05, 4.69) is 36.5 Å². The SMILES string of the molecule is C=C(c1n(CC(O)c2ccccc2)cc[n+]1C)C(C)(C)C. The maximum absolute atomic E-state index is 10.4. The minimum absolute atomic E-state index is 0.00837. The maximum atomic E-state index is 10.4. The van der Waals surface area contributed by atoms with Crippen LogP contribution in [-0.4, -0.2) is 9.67 Å². The molecule has 112 valence electrons. The number of nitrogens with zero attached hydrogens (tertiary/aromatic N) is 2. The summed E-state index contributed by atoms with van der Waals surface area (Å²) in [6, 6.07) is 9.75. The summed E-state index contributed by atoms with van der Waals surface area (Å²) in [6.07, 6.45) is 3.48. The van der Waals surface area contributed by atoms with E-state index in [4.69, 9.17) is 0 Å². The summed E-state index contributed by atoms with van der Waals surface area (Å²) < 4.78 is 4.14.